The van der Waals surface area contributed by atoms with Crippen LogP contribution in [0, 0.1) is 0 Å². The molecule has 0 saturated carbocycles. The number of hydrogen-bond donors (Lipinski definition) is 0. The van der Waals surface area contributed by atoms with Gasteiger partial charge in [-0.25, -0.2) is 0 Å². The molecule has 2 heterocycles. The molecule has 7 heteroatoms. The lowest BCUT2D eigenvalue weighted by atomic mass is 10.2. The highest BCUT2D eigenvalue weighted by Crippen LogP contribution is 2.28. The van der Waals surface area contributed by atoms with Crippen LogP contribution in [0.4, 0.5) is 0 Å². The molecule has 0 N–H and O–H groups in total. The Morgan fingerprint density at radius 3 is 2.50 bits per heavy atom. The van der Waals surface area contributed by atoms with Gasteiger partial charge in [-0.05, 0) is 12.8 Å². The Kier molecular flexibility index (Phi) is 2.99. The Hall–Kier alpha value is 0.120. The molecule has 0 aromatic heterocycles. The molecule has 2 saturated heterocycles. The van der Waals surface area contributed by atoms with Crippen molar-refractivity contribution in [2.75, 3.05) is 19.8 Å². The fourth-order valence-electron chi connectivity index (χ4n) is 1.91. The first-order valence-corrected chi connectivity index (χ1v) is 6.80. The van der Waals surface area contributed by atoms with Gasteiger partial charge >= 0.3 is 0 Å². The quantitative estimate of drug-likeness (QED) is 0.653. The summed E-state index contributed by atoms with van der Waals surface area (Å²) in [6, 6.07) is -0.250. The average molecular weight is 242 g/mol. The maximum absolute atomic E-state index is 11.2. The molecule has 2 aliphatic rings. The molecule has 0 aliphatic carbocycles. The van der Waals surface area contributed by atoms with Crippen molar-refractivity contribution in [1.82, 2.24) is 4.31 Å². The summed E-state index contributed by atoms with van der Waals surface area (Å²) in [5, 5.41) is 0. The fraction of sp³-hybridized carbons (Fsp3) is 1.00. The monoisotopic (exact) mass is 241 g/mol. The minimum absolute atomic E-state index is 0.250. The molecule has 2 aliphatic heterocycles. The highest BCUT2D eigenvalue weighted by Gasteiger charge is 2.40. The van der Waals surface area contributed by atoms with Gasteiger partial charge in [0.2, 0.25) is 0 Å². The first-order valence-electron chi connectivity index (χ1n) is 4.53. The second-order valence-corrected chi connectivity index (χ2v) is 5.84. The molecule has 2 fully saturated rings. The molecule has 0 spiro atoms. The van der Waals surface area contributed by atoms with Crippen molar-refractivity contribution in [1.29, 1.82) is 0 Å². The first-order chi connectivity index (χ1) is 6.59. The van der Waals surface area contributed by atoms with E-state index < -0.39 is 15.5 Å². The van der Waals surface area contributed by atoms with Crippen LogP contribution < -0.4 is 0 Å². The lowest BCUT2D eigenvalue weighted by Gasteiger charge is -2.24. The highest BCUT2D eigenvalue weighted by molar-refractivity contribution is 8.11. The molecule has 0 radical (unpaired) electrons. The molecular weight excluding hydrogens is 230 g/mol. The molecule has 0 bridgehead atoms. The van der Waals surface area contributed by atoms with Gasteiger partial charge in [0.25, 0.3) is 9.24 Å². The van der Waals surface area contributed by atoms with Crippen LogP contribution in [0.2, 0.25) is 0 Å². The number of rotatable bonds is 2. The lowest BCUT2D eigenvalue weighted by Crippen LogP contribution is -2.41. The molecule has 0 aromatic carbocycles. The van der Waals surface area contributed by atoms with Gasteiger partial charge in [-0.1, -0.05) is 0 Å². The van der Waals surface area contributed by atoms with Crippen LogP contribution in [0.3, 0.4) is 0 Å². The van der Waals surface area contributed by atoms with Gasteiger partial charge < -0.3 is 9.47 Å². The average Bonchev–Trinajstić information content (AvgIpc) is 2.73. The van der Waals surface area contributed by atoms with E-state index in [1.165, 1.54) is 4.31 Å². The Morgan fingerprint density at radius 2 is 1.93 bits per heavy atom. The molecule has 1 unspecified atom stereocenters. The Morgan fingerprint density at radius 1 is 1.29 bits per heavy atom. The zero-order chi connectivity index (χ0) is 10.2. The first kappa shape index (κ1) is 10.6. The summed E-state index contributed by atoms with van der Waals surface area (Å²) in [4.78, 5) is 0. The van der Waals surface area contributed by atoms with Crippen molar-refractivity contribution >= 4 is 19.9 Å². The van der Waals surface area contributed by atoms with Gasteiger partial charge in [0, 0.05) is 17.2 Å². The third kappa shape index (κ3) is 2.04. The van der Waals surface area contributed by atoms with E-state index >= 15 is 0 Å². The van der Waals surface area contributed by atoms with Crippen LogP contribution in [0.25, 0.3) is 0 Å². The van der Waals surface area contributed by atoms with Gasteiger partial charge in [-0.2, -0.15) is 12.7 Å². The molecule has 0 amide bonds. The van der Waals surface area contributed by atoms with Crippen LogP contribution in [0.15, 0.2) is 0 Å². The third-order valence-corrected chi connectivity index (χ3v) is 4.04. The van der Waals surface area contributed by atoms with Gasteiger partial charge in [0.15, 0.2) is 6.29 Å². The van der Waals surface area contributed by atoms with Crippen LogP contribution >= 0.6 is 10.7 Å². The van der Waals surface area contributed by atoms with Crippen LogP contribution in [0.1, 0.15) is 12.8 Å². The number of halogens is 1. The van der Waals surface area contributed by atoms with E-state index in [2.05, 4.69) is 0 Å². The van der Waals surface area contributed by atoms with Crippen molar-refractivity contribution < 1.29 is 17.9 Å². The largest absolute Gasteiger partial charge is 0.349 e. The number of hydrogen-bond acceptors (Lipinski definition) is 4. The van der Waals surface area contributed by atoms with E-state index in [0.29, 0.717) is 19.8 Å². The van der Waals surface area contributed by atoms with Gasteiger partial charge in [-0.3, -0.25) is 0 Å². The van der Waals surface area contributed by atoms with E-state index in [9.17, 15) is 8.42 Å². The number of nitrogens with zero attached hydrogens (tertiary/aromatic N) is 1. The van der Waals surface area contributed by atoms with Gasteiger partial charge in [0.1, 0.15) is 0 Å². The van der Waals surface area contributed by atoms with Crippen LogP contribution in [-0.2, 0) is 18.7 Å². The molecule has 82 valence electrons. The Balaban J connectivity index is 2.10. The molecule has 14 heavy (non-hydrogen) atoms. The Labute approximate surface area is 87.5 Å². The van der Waals surface area contributed by atoms with Gasteiger partial charge in [-0.15, -0.1) is 0 Å². The molecule has 1 atom stereocenters. The van der Waals surface area contributed by atoms with E-state index in [0.717, 1.165) is 12.8 Å². The minimum Gasteiger partial charge on any atom is -0.349 e. The fourth-order valence-corrected chi connectivity index (χ4v) is 3.30. The zero-order valence-electron chi connectivity index (χ0n) is 7.56. The summed E-state index contributed by atoms with van der Waals surface area (Å²) < 4.78 is 34.2. The molecule has 5 nitrogen and oxygen atoms in total. The highest BCUT2D eigenvalue weighted by atomic mass is 35.7. The van der Waals surface area contributed by atoms with Crippen molar-refractivity contribution in [2.45, 2.75) is 25.2 Å². The summed E-state index contributed by atoms with van der Waals surface area (Å²) in [6.07, 6.45) is 1.11. The van der Waals surface area contributed by atoms with Crippen molar-refractivity contribution in [3.8, 4) is 0 Å². The maximum Gasteiger partial charge on any atom is 0.300 e. The van der Waals surface area contributed by atoms with E-state index in [1.54, 1.807) is 0 Å². The second-order valence-electron chi connectivity index (χ2n) is 3.37. The summed E-state index contributed by atoms with van der Waals surface area (Å²) in [6.45, 7) is 1.51. The minimum atomic E-state index is -3.64. The summed E-state index contributed by atoms with van der Waals surface area (Å²) in [5.41, 5.74) is 0. The molecule has 0 aromatic rings. The van der Waals surface area contributed by atoms with Crippen molar-refractivity contribution in [3.63, 3.8) is 0 Å². The normalized spacial score (nSPS) is 31.4. The maximum atomic E-state index is 11.2. The van der Waals surface area contributed by atoms with Crippen LogP contribution in [-0.4, -0.2) is 44.8 Å². The number of ether oxygens (including phenoxy) is 2. The summed E-state index contributed by atoms with van der Waals surface area (Å²) >= 11 is 0. The van der Waals surface area contributed by atoms with Crippen molar-refractivity contribution in [3.05, 3.63) is 0 Å². The lowest BCUT2D eigenvalue weighted by molar-refractivity contribution is -0.0765. The molecule has 2 rings (SSSR count). The third-order valence-electron chi connectivity index (χ3n) is 2.49. The second kappa shape index (κ2) is 3.94. The predicted molar refractivity (Wildman–Crippen MR) is 50.2 cm³/mol. The summed E-state index contributed by atoms with van der Waals surface area (Å²) in [7, 11) is 1.66. The van der Waals surface area contributed by atoms with E-state index in [1.807, 2.05) is 0 Å². The smallest absolute Gasteiger partial charge is 0.300 e. The summed E-state index contributed by atoms with van der Waals surface area (Å²) in [5.74, 6) is 0. The topological polar surface area (TPSA) is 55.8 Å². The van der Waals surface area contributed by atoms with Crippen LogP contribution in [0.5, 0.6) is 0 Å². The Bertz CT molecular complexity index is 301. The predicted octanol–water partition coefficient (Wildman–Crippen LogP) is 0.307. The van der Waals surface area contributed by atoms with E-state index in [-0.39, 0.29) is 6.04 Å². The molecular formula is C7H12ClNO4S. The zero-order valence-corrected chi connectivity index (χ0v) is 9.13. The van der Waals surface area contributed by atoms with Crippen molar-refractivity contribution in [2.24, 2.45) is 0 Å². The van der Waals surface area contributed by atoms with Gasteiger partial charge in [0.05, 0.1) is 19.3 Å². The standard InChI is InChI=1S/C7H12ClNO4S/c8-14(10,11)9-3-1-2-6(9)7-12-4-5-13-7/h6-7H,1-5H2. The SMILES string of the molecule is O=S(=O)(Cl)N1CCCC1C1OCCO1. The van der Waals surface area contributed by atoms with E-state index in [4.69, 9.17) is 20.2 Å².